The molecule has 0 amide bonds. The molecule has 2 aliphatic rings. The molecule has 1 N–H and O–H groups in total. The molecular formula is C31H24FN7. The van der Waals surface area contributed by atoms with Gasteiger partial charge in [-0.25, -0.2) is 19.4 Å². The third-order valence-corrected chi connectivity index (χ3v) is 7.00. The summed E-state index contributed by atoms with van der Waals surface area (Å²) in [6.07, 6.45) is 1.74. The van der Waals surface area contributed by atoms with Crippen molar-refractivity contribution in [2.24, 2.45) is 9.98 Å². The molecule has 5 aromatic rings. The molecular weight excluding hydrogens is 489 g/mol. The summed E-state index contributed by atoms with van der Waals surface area (Å²) in [7, 11) is 0. The zero-order valence-electron chi connectivity index (χ0n) is 21.4. The van der Waals surface area contributed by atoms with Gasteiger partial charge in [0.2, 0.25) is 0 Å². The number of hydrogen-bond donors (Lipinski definition) is 1. The van der Waals surface area contributed by atoms with Crippen LogP contribution in [0.15, 0.2) is 107 Å². The summed E-state index contributed by atoms with van der Waals surface area (Å²) in [6, 6.07) is 28.2. The van der Waals surface area contributed by atoms with Crippen molar-refractivity contribution in [2.75, 3.05) is 10.2 Å². The second-order valence-electron chi connectivity index (χ2n) is 9.62. The van der Waals surface area contributed by atoms with E-state index in [1.54, 1.807) is 10.9 Å². The van der Waals surface area contributed by atoms with Gasteiger partial charge >= 0.3 is 0 Å². The molecule has 7 nitrogen and oxygen atoms in total. The number of hydrogen-bond acceptors (Lipinski definition) is 6. The quantitative estimate of drug-likeness (QED) is 0.287. The van der Waals surface area contributed by atoms with Crippen LogP contribution in [0.5, 0.6) is 0 Å². The van der Waals surface area contributed by atoms with Crippen LogP contribution in [0.1, 0.15) is 28.4 Å². The Morgan fingerprint density at radius 2 is 1.59 bits per heavy atom. The molecule has 1 atom stereocenters. The van der Waals surface area contributed by atoms with Gasteiger partial charge in [0.25, 0.3) is 0 Å². The molecule has 39 heavy (non-hydrogen) atoms. The predicted octanol–water partition coefficient (Wildman–Crippen LogP) is 6.82. The molecule has 2 aromatic heterocycles. The van der Waals surface area contributed by atoms with E-state index in [-0.39, 0.29) is 11.9 Å². The number of nitrogens with one attached hydrogen (secondary N) is 1. The largest absolute Gasteiger partial charge is 0.337 e. The Morgan fingerprint density at radius 3 is 2.36 bits per heavy atom. The minimum absolute atomic E-state index is 0.285. The monoisotopic (exact) mass is 513 g/mol. The SMILES string of the molecule is Cc1ccc(NC2=Nc3ccccc3N3C2=Nc2c(c(C)nn2-c2ccccn2)[C@H]3c2ccc(F)cc2)cc1. The van der Waals surface area contributed by atoms with Crippen molar-refractivity contribution in [3.63, 3.8) is 0 Å². The third-order valence-electron chi connectivity index (χ3n) is 7.00. The van der Waals surface area contributed by atoms with Crippen LogP contribution < -0.4 is 10.2 Å². The third kappa shape index (κ3) is 3.88. The van der Waals surface area contributed by atoms with Crippen LogP contribution in [-0.4, -0.2) is 26.4 Å². The van der Waals surface area contributed by atoms with E-state index in [9.17, 15) is 4.39 Å². The lowest BCUT2D eigenvalue weighted by atomic mass is 9.93. The highest BCUT2D eigenvalue weighted by Gasteiger charge is 2.41. The summed E-state index contributed by atoms with van der Waals surface area (Å²) >= 11 is 0. The highest BCUT2D eigenvalue weighted by Crippen LogP contribution is 2.48. The number of aryl methyl sites for hydroxylation is 2. The average Bonchev–Trinajstić information content (AvgIpc) is 3.30. The van der Waals surface area contributed by atoms with E-state index in [0.29, 0.717) is 23.3 Å². The molecule has 0 saturated carbocycles. The Bertz CT molecular complexity index is 1750. The van der Waals surface area contributed by atoms with Crippen molar-refractivity contribution in [1.82, 2.24) is 14.8 Å². The van der Waals surface area contributed by atoms with Crippen LogP contribution >= 0.6 is 0 Å². The Morgan fingerprint density at radius 1 is 0.821 bits per heavy atom. The lowest BCUT2D eigenvalue weighted by Crippen LogP contribution is -2.46. The van der Waals surface area contributed by atoms with Gasteiger partial charge in [0.1, 0.15) is 5.82 Å². The summed E-state index contributed by atoms with van der Waals surface area (Å²) in [5, 5.41) is 8.37. The van der Waals surface area contributed by atoms with Gasteiger partial charge in [-0.1, -0.05) is 48.0 Å². The molecule has 8 heteroatoms. The molecule has 0 spiro atoms. The number of pyridine rings is 1. The van der Waals surface area contributed by atoms with Crippen molar-refractivity contribution in [3.8, 4) is 5.82 Å². The molecule has 0 fully saturated rings. The highest BCUT2D eigenvalue weighted by atomic mass is 19.1. The maximum absolute atomic E-state index is 14.1. The number of rotatable bonds is 3. The summed E-state index contributed by atoms with van der Waals surface area (Å²) in [4.78, 5) is 16.9. The molecule has 0 saturated heterocycles. The van der Waals surface area contributed by atoms with Crippen LogP contribution in [0.4, 0.5) is 27.3 Å². The predicted molar refractivity (Wildman–Crippen MR) is 152 cm³/mol. The number of halogens is 1. The number of aliphatic imine (C=N–C) groups is 2. The van der Waals surface area contributed by atoms with E-state index in [2.05, 4.69) is 34.3 Å². The Labute approximate surface area is 225 Å². The van der Waals surface area contributed by atoms with Crippen molar-refractivity contribution in [1.29, 1.82) is 0 Å². The minimum atomic E-state index is -0.322. The van der Waals surface area contributed by atoms with Crippen LogP contribution in [0.3, 0.4) is 0 Å². The number of fused-ring (bicyclic) bond motifs is 4. The second kappa shape index (κ2) is 9.02. The standard InChI is InChI=1S/C31H24FN7/c1-19-10-16-23(17-11-19)34-29-31-36-30-27(20(2)37-39(30)26-9-5-6-18-33-26)28(21-12-14-22(32)15-13-21)38(31)25-8-4-3-7-24(25)35-29/h3-18,28H,1-2H3,(H,34,35)/t28-/m1/s1. The summed E-state index contributed by atoms with van der Waals surface area (Å²) < 4.78 is 15.8. The van der Waals surface area contributed by atoms with E-state index >= 15 is 0 Å². The maximum atomic E-state index is 14.1. The number of para-hydroxylation sites is 2. The normalized spacial score (nSPS) is 15.6. The van der Waals surface area contributed by atoms with E-state index in [1.165, 1.54) is 17.7 Å². The Kier molecular flexibility index (Phi) is 5.33. The number of benzene rings is 3. The smallest absolute Gasteiger partial charge is 0.179 e. The molecule has 0 bridgehead atoms. The van der Waals surface area contributed by atoms with Crippen LogP contribution in [0.2, 0.25) is 0 Å². The summed E-state index contributed by atoms with van der Waals surface area (Å²) in [5.74, 6) is 2.31. The Balaban J connectivity index is 1.49. The van der Waals surface area contributed by atoms with Crippen molar-refractivity contribution in [2.45, 2.75) is 19.9 Å². The molecule has 3 aromatic carbocycles. The zero-order valence-corrected chi connectivity index (χ0v) is 21.4. The second-order valence-corrected chi connectivity index (χ2v) is 9.62. The van der Waals surface area contributed by atoms with E-state index in [1.807, 2.05) is 73.7 Å². The number of anilines is 2. The number of amidine groups is 2. The first-order chi connectivity index (χ1) is 19.1. The number of nitrogens with zero attached hydrogens (tertiary/aromatic N) is 6. The van der Waals surface area contributed by atoms with E-state index < -0.39 is 0 Å². The summed E-state index contributed by atoms with van der Waals surface area (Å²) in [5.41, 5.74) is 6.47. The van der Waals surface area contributed by atoms with Crippen LogP contribution in [0.25, 0.3) is 5.82 Å². The van der Waals surface area contributed by atoms with Gasteiger partial charge < -0.3 is 10.2 Å². The fourth-order valence-electron chi connectivity index (χ4n) is 5.17. The first-order valence-electron chi connectivity index (χ1n) is 12.7. The van der Waals surface area contributed by atoms with Crippen molar-refractivity contribution < 1.29 is 4.39 Å². The minimum Gasteiger partial charge on any atom is -0.337 e. The van der Waals surface area contributed by atoms with Crippen molar-refractivity contribution in [3.05, 3.63) is 125 Å². The van der Waals surface area contributed by atoms with Gasteiger partial charge in [0.05, 0.1) is 23.1 Å². The van der Waals surface area contributed by atoms with Crippen LogP contribution in [0, 0.1) is 19.7 Å². The van der Waals surface area contributed by atoms with Crippen LogP contribution in [-0.2, 0) is 0 Å². The lowest BCUT2D eigenvalue weighted by molar-refractivity contribution is 0.626. The maximum Gasteiger partial charge on any atom is 0.179 e. The zero-order chi connectivity index (χ0) is 26.5. The Hall–Kier alpha value is -5.11. The molecule has 190 valence electrons. The van der Waals surface area contributed by atoms with Gasteiger partial charge in [-0.2, -0.15) is 9.78 Å². The lowest BCUT2D eigenvalue weighted by Gasteiger charge is -2.40. The first-order valence-corrected chi connectivity index (χ1v) is 12.7. The average molecular weight is 514 g/mol. The molecule has 0 radical (unpaired) electrons. The van der Waals surface area contributed by atoms with Gasteiger partial charge in [0.15, 0.2) is 23.3 Å². The molecule has 4 heterocycles. The molecule has 7 rings (SSSR count). The summed E-state index contributed by atoms with van der Waals surface area (Å²) in [6.45, 7) is 4.03. The fraction of sp³-hybridized carbons (Fsp3) is 0.0968. The van der Waals surface area contributed by atoms with E-state index in [4.69, 9.17) is 15.1 Å². The topological polar surface area (TPSA) is 70.7 Å². The first kappa shape index (κ1) is 23.0. The van der Waals surface area contributed by atoms with Gasteiger partial charge in [-0.3, -0.25) is 0 Å². The van der Waals surface area contributed by atoms with Gasteiger partial charge in [0, 0.05) is 17.4 Å². The molecule has 0 unspecified atom stereocenters. The van der Waals surface area contributed by atoms with Crippen molar-refractivity contribution >= 4 is 34.6 Å². The fourth-order valence-corrected chi connectivity index (χ4v) is 5.17. The molecule has 0 aliphatic carbocycles. The van der Waals surface area contributed by atoms with Gasteiger partial charge in [-0.15, -0.1) is 0 Å². The number of aromatic nitrogens is 3. The van der Waals surface area contributed by atoms with Gasteiger partial charge in [-0.05, 0) is 67.9 Å². The molecule has 2 aliphatic heterocycles. The van der Waals surface area contributed by atoms with E-state index in [0.717, 1.165) is 33.9 Å². The highest BCUT2D eigenvalue weighted by molar-refractivity contribution is 6.51.